The summed E-state index contributed by atoms with van der Waals surface area (Å²) in [6.07, 6.45) is 8.70. The summed E-state index contributed by atoms with van der Waals surface area (Å²) in [7, 11) is 0. The number of aromatic nitrogens is 5. The van der Waals surface area contributed by atoms with Gasteiger partial charge in [-0.05, 0) is 56.8 Å². The zero-order valence-electron chi connectivity index (χ0n) is 17.3. The van der Waals surface area contributed by atoms with Crippen LogP contribution in [0.25, 0.3) is 22.0 Å². The van der Waals surface area contributed by atoms with Crippen molar-refractivity contribution < 1.29 is 4.79 Å². The zero-order valence-corrected chi connectivity index (χ0v) is 17.3. The summed E-state index contributed by atoms with van der Waals surface area (Å²) in [5, 5.41) is 9.24. The van der Waals surface area contributed by atoms with Gasteiger partial charge in [0.25, 0.3) is 0 Å². The second-order valence-electron chi connectivity index (χ2n) is 7.79. The molecule has 0 aliphatic carbocycles. The molecule has 8 nitrogen and oxygen atoms in total. The molecular formula is C22H23N7O. The maximum absolute atomic E-state index is 11.9. The van der Waals surface area contributed by atoms with E-state index in [-0.39, 0.29) is 5.78 Å². The molecule has 4 rings (SSSR count). The molecule has 0 saturated heterocycles. The van der Waals surface area contributed by atoms with Gasteiger partial charge >= 0.3 is 0 Å². The van der Waals surface area contributed by atoms with E-state index in [2.05, 4.69) is 25.4 Å². The molecule has 0 spiro atoms. The number of carbonyl (C=O) groups is 1. The number of nitrogens with one attached hydrogen (secondary N) is 1. The Morgan fingerprint density at radius 2 is 2.00 bits per heavy atom. The van der Waals surface area contributed by atoms with Gasteiger partial charge in [0.05, 0.1) is 17.6 Å². The summed E-state index contributed by atoms with van der Waals surface area (Å²) in [5.74, 6) is 1.09. The Labute approximate surface area is 174 Å². The molecule has 8 heteroatoms. The Bertz CT molecular complexity index is 1260. The number of hydrogen-bond donors (Lipinski definition) is 2. The first-order valence-electron chi connectivity index (χ1n) is 9.56. The SMILES string of the molecule is CC(=O)C(C)(C)n1cc(Nc2cc3cc(-c4cnccc4C)nc(N)c3cn2)cn1. The summed E-state index contributed by atoms with van der Waals surface area (Å²) in [4.78, 5) is 25.0. The van der Waals surface area contributed by atoms with E-state index in [1.807, 2.05) is 39.0 Å². The average Bonchev–Trinajstić information content (AvgIpc) is 3.17. The maximum atomic E-state index is 11.9. The van der Waals surface area contributed by atoms with Crippen molar-refractivity contribution in [3.63, 3.8) is 0 Å². The van der Waals surface area contributed by atoms with E-state index in [0.717, 1.165) is 33.3 Å². The highest BCUT2D eigenvalue weighted by molar-refractivity contribution is 5.94. The second kappa shape index (κ2) is 7.22. The number of nitrogens with two attached hydrogens (primary N) is 1. The average molecular weight is 401 g/mol. The summed E-state index contributed by atoms with van der Waals surface area (Å²) in [6.45, 7) is 7.23. The van der Waals surface area contributed by atoms with Crippen LogP contribution in [0.1, 0.15) is 26.3 Å². The Morgan fingerprint density at radius 1 is 1.20 bits per heavy atom. The lowest BCUT2D eigenvalue weighted by Crippen LogP contribution is -2.34. The minimum absolute atomic E-state index is 0.0298. The van der Waals surface area contributed by atoms with Gasteiger partial charge in [-0.1, -0.05) is 0 Å². The van der Waals surface area contributed by atoms with Gasteiger partial charge in [0.1, 0.15) is 17.2 Å². The van der Waals surface area contributed by atoms with Crippen LogP contribution in [-0.2, 0) is 10.3 Å². The van der Waals surface area contributed by atoms with Crippen LogP contribution in [0.3, 0.4) is 0 Å². The number of ketones is 1. The lowest BCUT2D eigenvalue weighted by molar-refractivity contribution is -0.124. The molecular weight excluding hydrogens is 378 g/mol. The molecule has 0 fully saturated rings. The van der Waals surface area contributed by atoms with E-state index in [9.17, 15) is 4.79 Å². The van der Waals surface area contributed by atoms with Crippen LogP contribution in [-0.4, -0.2) is 30.5 Å². The number of rotatable bonds is 5. The van der Waals surface area contributed by atoms with Crippen molar-refractivity contribution in [1.29, 1.82) is 0 Å². The van der Waals surface area contributed by atoms with Crippen molar-refractivity contribution in [2.75, 3.05) is 11.1 Å². The zero-order chi connectivity index (χ0) is 21.5. The topological polar surface area (TPSA) is 112 Å². The van der Waals surface area contributed by atoms with Crippen LogP contribution in [0.2, 0.25) is 0 Å². The smallest absolute Gasteiger partial charge is 0.156 e. The van der Waals surface area contributed by atoms with Gasteiger partial charge in [0, 0.05) is 35.7 Å². The molecule has 3 N–H and O–H groups in total. The van der Waals surface area contributed by atoms with Crippen LogP contribution in [0.15, 0.2) is 49.2 Å². The quantitative estimate of drug-likeness (QED) is 0.522. The molecule has 0 aliphatic heterocycles. The number of fused-ring (bicyclic) bond motifs is 1. The number of Topliss-reactive ketones (excluding diaryl/α,β-unsaturated/α-hetero) is 1. The number of carbonyl (C=O) groups excluding carboxylic acids is 1. The van der Waals surface area contributed by atoms with Gasteiger partial charge in [-0.2, -0.15) is 5.10 Å². The minimum atomic E-state index is -0.715. The van der Waals surface area contributed by atoms with Gasteiger partial charge in [0.2, 0.25) is 0 Å². The molecule has 4 aromatic rings. The fraction of sp³-hybridized carbons (Fsp3) is 0.227. The largest absolute Gasteiger partial charge is 0.383 e. The van der Waals surface area contributed by atoms with E-state index in [0.29, 0.717) is 11.6 Å². The Hall–Kier alpha value is -3.81. The second-order valence-corrected chi connectivity index (χ2v) is 7.79. The van der Waals surface area contributed by atoms with E-state index in [4.69, 9.17) is 5.73 Å². The predicted octanol–water partition coefficient (Wildman–Crippen LogP) is 3.85. The first-order valence-corrected chi connectivity index (χ1v) is 9.56. The molecule has 152 valence electrons. The summed E-state index contributed by atoms with van der Waals surface area (Å²) < 4.78 is 1.64. The van der Waals surface area contributed by atoms with Crippen molar-refractivity contribution in [3.8, 4) is 11.3 Å². The van der Waals surface area contributed by atoms with Crippen LogP contribution < -0.4 is 11.1 Å². The lowest BCUT2D eigenvalue weighted by atomic mass is 10.0. The molecule has 0 bridgehead atoms. The van der Waals surface area contributed by atoms with Crippen molar-refractivity contribution in [1.82, 2.24) is 24.7 Å². The number of anilines is 3. The van der Waals surface area contributed by atoms with E-state index < -0.39 is 5.54 Å². The van der Waals surface area contributed by atoms with Crippen LogP contribution in [0.5, 0.6) is 0 Å². The first-order chi connectivity index (χ1) is 14.3. The molecule has 0 unspecified atom stereocenters. The standard InChI is InChI=1S/C22H23N7O/c1-13-5-6-24-10-17(13)19-7-15-8-20(25-11-18(15)21(23)28-19)27-16-9-26-29(12-16)22(3,4)14(2)30/h5-12H,1-4H3,(H2,23,28)(H,25,27). The number of hydrogen-bond acceptors (Lipinski definition) is 7. The molecule has 0 aromatic carbocycles. The first kappa shape index (κ1) is 19.5. The molecule has 30 heavy (non-hydrogen) atoms. The number of nitrogens with zero attached hydrogens (tertiary/aromatic N) is 5. The van der Waals surface area contributed by atoms with Gasteiger partial charge in [0.15, 0.2) is 5.78 Å². The Balaban J connectivity index is 1.69. The van der Waals surface area contributed by atoms with Crippen molar-refractivity contribution in [3.05, 3.63) is 54.7 Å². The van der Waals surface area contributed by atoms with Gasteiger partial charge in [-0.3, -0.25) is 14.5 Å². The molecule has 0 radical (unpaired) electrons. The molecule has 4 heterocycles. The molecule has 4 aromatic heterocycles. The lowest BCUT2D eigenvalue weighted by Gasteiger charge is -2.21. The fourth-order valence-electron chi connectivity index (χ4n) is 3.11. The third-order valence-electron chi connectivity index (χ3n) is 5.35. The van der Waals surface area contributed by atoms with Gasteiger partial charge in [-0.15, -0.1) is 0 Å². The highest BCUT2D eigenvalue weighted by Gasteiger charge is 2.26. The van der Waals surface area contributed by atoms with Gasteiger partial charge in [-0.25, -0.2) is 9.97 Å². The normalized spacial score (nSPS) is 11.6. The van der Waals surface area contributed by atoms with Crippen LogP contribution >= 0.6 is 0 Å². The molecule has 0 saturated carbocycles. The number of nitrogen functional groups attached to an aromatic ring is 1. The highest BCUT2D eigenvalue weighted by Crippen LogP contribution is 2.29. The van der Waals surface area contributed by atoms with Crippen molar-refractivity contribution >= 4 is 33.9 Å². The van der Waals surface area contributed by atoms with Crippen LogP contribution in [0, 0.1) is 6.92 Å². The summed E-state index contributed by atoms with van der Waals surface area (Å²) in [5.41, 5.74) is 8.98. The fourth-order valence-corrected chi connectivity index (χ4v) is 3.11. The summed E-state index contributed by atoms with van der Waals surface area (Å²) >= 11 is 0. The molecule has 0 amide bonds. The predicted molar refractivity (Wildman–Crippen MR) is 117 cm³/mol. The minimum Gasteiger partial charge on any atom is -0.383 e. The highest BCUT2D eigenvalue weighted by atomic mass is 16.1. The van der Waals surface area contributed by atoms with E-state index >= 15 is 0 Å². The third kappa shape index (κ3) is 3.47. The van der Waals surface area contributed by atoms with Gasteiger partial charge < -0.3 is 11.1 Å². The van der Waals surface area contributed by atoms with Crippen molar-refractivity contribution in [2.24, 2.45) is 0 Å². The third-order valence-corrected chi connectivity index (χ3v) is 5.35. The Morgan fingerprint density at radius 3 is 2.73 bits per heavy atom. The van der Waals surface area contributed by atoms with Crippen molar-refractivity contribution in [2.45, 2.75) is 33.2 Å². The summed E-state index contributed by atoms with van der Waals surface area (Å²) in [6, 6.07) is 5.83. The maximum Gasteiger partial charge on any atom is 0.156 e. The monoisotopic (exact) mass is 401 g/mol. The van der Waals surface area contributed by atoms with E-state index in [1.165, 1.54) is 0 Å². The number of pyridine rings is 3. The van der Waals surface area contributed by atoms with Crippen LogP contribution in [0.4, 0.5) is 17.3 Å². The number of aryl methyl sites for hydroxylation is 1. The molecule has 0 atom stereocenters. The Kier molecular flexibility index (Phi) is 4.69. The van der Waals surface area contributed by atoms with E-state index in [1.54, 1.807) is 42.6 Å². The molecule has 0 aliphatic rings.